The highest BCUT2D eigenvalue weighted by Gasteiger charge is 2.35. The summed E-state index contributed by atoms with van der Waals surface area (Å²) in [7, 11) is -3.33. The van der Waals surface area contributed by atoms with Crippen molar-refractivity contribution in [3.8, 4) is 0 Å². The van der Waals surface area contributed by atoms with E-state index in [1.807, 2.05) is 19.1 Å². The number of amides is 1. The molecule has 0 saturated heterocycles. The molecule has 2 aliphatic rings. The van der Waals surface area contributed by atoms with Gasteiger partial charge in [0.05, 0.1) is 12.3 Å². The minimum absolute atomic E-state index is 0.0282. The lowest BCUT2D eigenvalue weighted by Crippen LogP contribution is -2.35. The van der Waals surface area contributed by atoms with Gasteiger partial charge in [-0.2, -0.15) is 0 Å². The quantitative estimate of drug-likeness (QED) is 0.781. The molecule has 1 atom stereocenters. The first-order valence-electron chi connectivity index (χ1n) is 8.93. The van der Waals surface area contributed by atoms with Crippen LogP contribution in [0, 0.1) is 0 Å². The van der Waals surface area contributed by atoms with Gasteiger partial charge in [-0.3, -0.25) is 4.79 Å². The van der Waals surface area contributed by atoms with E-state index in [0.717, 1.165) is 22.4 Å². The van der Waals surface area contributed by atoms with Gasteiger partial charge >= 0.3 is 0 Å². The van der Waals surface area contributed by atoms with E-state index in [-0.39, 0.29) is 17.7 Å². The Morgan fingerprint density at radius 3 is 2.81 bits per heavy atom. The van der Waals surface area contributed by atoms with Crippen LogP contribution in [0.5, 0.6) is 0 Å². The predicted molar refractivity (Wildman–Crippen MR) is 108 cm³/mol. The molecule has 0 radical (unpaired) electrons. The van der Waals surface area contributed by atoms with Crippen molar-refractivity contribution in [3.05, 3.63) is 69.9 Å². The number of benzene rings is 1. The van der Waals surface area contributed by atoms with E-state index in [1.165, 1.54) is 0 Å². The summed E-state index contributed by atoms with van der Waals surface area (Å²) in [6.45, 7) is 7.82. The molecule has 0 spiro atoms. The van der Waals surface area contributed by atoms with Gasteiger partial charge in [0.25, 0.3) is 5.91 Å². The van der Waals surface area contributed by atoms with Crippen LogP contribution in [0.15, 0.2) is 53.8 Å². The van der Waals surface area contributed by atoms with Crippen LogP contribution in [-0.2, 0) is 16.6 Å². The monoisotopic (exact) mass is 406 g/mol. The van der Waals surface area contributed by atoms with Crippen LogP contribution in [0.1, 0.15) is 42.6 Å². The molecule has 1 aromatic carbocycles. The van der Waals surface area contributed by atoms with E-state index in [4.69, 9.17) is 11.6 Å². The lowest BCUT2D eigenvalue weighted by Gasteiger charge is -2.22. The molecular formula is C20H23ClN2O3S. The van der Waals surface area contributed by atoms with E-state index in [0.29, 0.717) is 30.0 Å². The van der Waals surface area contributed by atoms with Crippen LogP contribution in [0.3, 0.4) is 0 Å². The Balaban J connectivity index is 1.94. The van der Waals surface area contributed by atoms with E-state index < -0.39 is 10.0 Å². The fourth-order valence-electron chi connectivity index (χ4n) is 3.74. The second-order valence-electron chi connectivity index (χ2n) is 6.62. The summed E-state index contributed by atoms with van der Waals surface area (Å²) in [5, 5.41) is 0.603. The van der Waals surface area contributed by atoms with Crippen molar-refractivity contribution in [1.29, 1.82) is 0 Å². The first-order valence-corrected chi connectivity index (χ1v) is 11.0. The minimum atomic E-state index is -3.33. The largest absolute Gasteiger partial charge is 0.304 e. The van der Waals surface area contributed by atoms with E-state index in [9.17, 15) is 13.2 Å². The topological polar surface area (TPSA) is 66.5 Å². The lowest BCUT2D eigenvalue weighted by molar-refractivity contribution is 0.0828. The fourth-order valence-corrected chi connectivity index (χ4v) is 4.78. The van der Waals surface area contributed by atoms with E-state index >= 15 is 0 Å². The summed E-state index contributed by atoms with van der Waals surface area (Å²) in [6, 6.07) is 4.98. The number of sulfonamides is 1. The van der Waals surface area contributed by atoms with E-state index in [2.05, 4.69) is 11.3 Å². The number of carbonyl (C=O) groups excluding carboxylic acids is 1. The van der Waals surface area contributed by atoms with Gasteiger partial charge in [0.1, 0.15) is 0 Å². The van der Waals surface area contributed by atoms with Gasteiger partial charge < -0.3 is 4.90 Å². The van der Waals surface area contributed by atoms with Gasteiger partial charge in [-0.25, -0.2) is 13.1 Å². The maximum Gasteiger partial charge on any atom is 0.258 e. The normalized spacial score (nSPS) is 20.4. The first-order chi connectivity index (χ1) is 12.8. The Kier molecular flexibility index (Phi) is 5.60. The third kappa shape index (κ3) is 3.74. The van der Waals surface area contributed by atoms with Crippen LogP contribution >= 0.6 is 11.6 Å². The number of hydrogen-bond donors (Lipinski definition) is 1. The molecule has 5 nitrogen and oxygen atoms in total. The van der Waals surface area contributed by atoms with Crippen LogP contribution < -0.4 is 4.72 Å². The zero-order valence-corrected chi connectivity index (χ0v) is 17.0. The molecule has 1 N–H and O–H groups in total. The van der Waals surface area contributed by atoms with Crippen molar-refractivity contribution in [3.63, 3.8) is 0 Å². The zero-order chi connectivity index (χ0) is 19.8. The second kappa shape index (κ2) is 7.62. The molecule has 1 heterocycles. The van der Waals surface area contributed by atoms with Crippen molar-refractivity contribution in [2.75, 3.05) is 5.75 Å². The van der Waals surface area contributed by atoms with Crippen LogP contribution in [0.2, 0.25) is 5.02 Å². The highest BCUT2D eigenvalue weighted by molar-refractivity contribution is 7.89. The molecule has 0 saturated carbocycles. The third-order valence-corrected chi connectivity index (χ3v) is 6.71. The van der Waals surface area contributed by atoms with Gasteiger partial charge in [0.15, 0.2) is 0 Å². The number of carbonyl (C=O) groups is 1. The number of nitrogens with zero attached hydrogens (tertiary/aromatic N) is 1. The number of hydrogen-bond acceptors (Lipinski definition) is 3. The summed E-state index contributed by atoms with van der Waals surface area (Å²) in [5.41, 5.74) is 4.15. The van der Waals surface area contributed by atoms with Crippen molar-refractivity contribution in [2.45, 2.75) is 39.3 Å². The number of halogens is 1. The molecule has 144 valence electrons. The molecule has 0 bridgehead atoms. The smallest absolute Gasteiger partial charge is 0.258 e. The number of allylic oxidation sites excluding steroid dienone is 2. The molecule has 7 heteroatoms. The minimum Gasteiger partial charge on any atom is -0.304 e. The molecule has 1 aliphatic heterocycles. The summed E-state index contributed by atoms with van der Waals surface area (Å²) in [5.74, 6) is -0.0382. The summed E-state index contributed by atoms with van der Waals surface area (Å²) in [6.07, 6.45) is 4.92. The number of rotatable bonds is 6. The van der Waals surface area contributed by atoms with Crippen LogP contribution in [-0.4, -0.2) is 31.0 Å². The first kappa shape index (κ1) is 19.9. The van der Waals surface area contributed by atoms with Crippen LogP contribution in [0.4, 0.5) is 0 Å². The molecule has 0 aromatic heterocycles. The summed E-state index contributed by atoms with van der Waals surface area (Å²) < 4.78 is 26.7. The maximum atomic E-state index is 12.9. The summed E-state index contributed by atoms with van der Waals surface area (Å²) >= 11 is 6.07. The highest BCUT2D eigenvalue weighted by Crippen LogP contribution is 2.38. The molecule has 3 rings (SSSR count). The van der Waals surface area contributed by atoms with E-state index in [1.54, 1.807) is 30.0 Å². The Bertz CT molecular complexity index is 963. The molecule has 0 unspecified atom stereocenters. The van der Waals surface area contributed by atoms with Gasteiger partial charge in [-0.1, -0.05) is 30.3 Å². The Labute approximate surface area is 165 Å². The van der Waals surface area contributed by atoms with Gasteiger partial charge in [0, 0.05) is 22.3 Å². The molecule has 27 heavy (non-hydrogen) atoms. The molecule has 1 aromatic rings. The van der Waals surface area contributed by atoms with Gasteiger partial charge in [-0.15, -0.1) is 0 Å². The SMILES string of the molecule is C=CC1=C(/C(=C\C)N2Cc3cc(Cl)ccc3C2=O)CC[C@H]1NS(=O)(=O)CC. The standard InChI is InChI=1S/C20H23ClN2O3S/c1-4-15-17(9-10-18(15)22-27(25,26)6-3)19(5-2)23-12-13-11-14(21)7-8-16(13)20(23)24/h4-5,7-8,11,18,22H,1,6,9-10,12H2,2-3H3/b19-5+/t18-/m1/s1. The summed E-state index contributed by atoms with van der Waals surface area (Å²) in [4.78, 5) is 14.6. The Hall–Kier alpha value is -1.89. The van der Waals surface area contributed by atoms with Crippen molar-refractivity contribution >= 4 is 27.5 Å². The van der Waals surface area contributed by atoms with Crippen molar-refractivity contribution < 1.29 is 13.2 Å². The number of fused-ring (bicyclic) bond motifs is 1. The molecule has 1 amide bonds. The van der Waals surface area contributed by atoms with Crippen molar-refractivity contribution in [2.24, 2.45) is 0 Å². The molecular weight excluding hydrogens is 384 g/mol. The maximum absolute atomic E-state index is 12.9. The Morgan fingerprint density at radius 1 is 1.44 bits per heavy atom. The second-order valence-corrected chi connectivity index (χ2v) is 9.10. The van der Waals surface area contributed by atoms with Crippen LogP contribution in [0.25, 0.3) is 0 Å². The van der Waals surface area contributed by atoms with Gasteiger partial charge in [0.2, 0.25) is 10.0 Å². The fraction of sp³-hybridized carbons (Fsp3) is 0.350. The Morgan fingerprint density at radius 2 is 2.19 bits per heavy atom. The molecule has 0 fully saturated rings. The van der Waals surface area contributed by atoms with Gasteiger partial charge in [-0.05, 0) is 61.6 Å². The lowest BCUT2D eigenvalue weighted by atomic mass is 10.1. The number of nitrogens with one attached hydrogen (secondary N) is 1. The predicted octanol–water partition coefficient (Wildman–Crippen LogP) is 3.78. The van der Waals surface area contributed by atoms with Crippen molar-refractivity contribution in [1.82, 2.24) is 9.62 Å². The zero-order valence-electron chi connectivity index (χ0n) is 15.5. The molecule has 1 aliphatic carbocycles. The average molecular weight is 407 g/mol. The highest BCUT2D eigenvalue weighted by atomic mass is 35.5. The third-order valence-electron chi connectivity index (χ3n) is 5.07. The average Bonchev–Trinajstić information content (AvgIpc) is 3.16.